The van der Waals surface area contributed by atoms with Gasteiger partial charge in [0.25, 0.3) is 0 Å². The Balaban J connectivity index is 0.000000127. The van der Waals surface area contributed by atoms with E-state index < -0.39 is 0 Å². The highest BCUT2D eigenvalue weighted by atomic mass is 16.1. The second-order valence-corrected chi connectivity index (χ2v) is 6.41. The molecule has 2 N–H and O–H groups in total. The second kappa shape index (κ2) is 8.70. The topological polar surface area (TPSA) is 81.8 Å². The molecule has 4 aromatic rings. The SMILES string of the molecule is N=C=O.N=C=O.c1ccc2c3c(ccc2c1)C3.c1ccc2c3c(ccc2c1)C3. The summed E-state index contributed by atoms with van der Waals surface area (Å²) in [6.45, 7) is 0. The van der Waals surface area contributed by atoms with E-state index in [4.69, 9.17) is 20.4 Å². The summed E-state index contributed by atoms with van der Waals surface area (Å²) in [7, 11) is 0. The third kappa shape index (κ3) is 4.28. The number of nitrogens with one attached hydrogen (secondary N) is 2. The van der Waals surface area contributed by atoms with Gasteiger partial charge < -0.3 is 0 Å². The first-order valence-corrected chi connectivity index (χ1v) is 8.80. The van der Waals surface area contributed by atoms with E-state index in [1.54, 1.807) is 11.1 Å². The van der Waals surface area contributed by atoms with Crippen LogP contribution in [0.3, 0.4) is 0 Å². The molecular formula is C24H18N2O2. The average Bonchev–Trinajstić information content (AvgIpc) is 3.63. The standard InChI is InChI=1S/2C11H8.2CHNO/c2*1-2-4-10-8(3-1)5-6-9-7-11(9)10;2*2-1-3/h2*1-6H,7H2;2*2H. The molecule has 2 aliphatic rings. The van der Waals surface area contributed by atoms with E-state index in [0.29, 0.717) is 0 Å². The van der Waals surface area contributed by atoms with E-state index in [-0.39, 0.29) is 0 Å². The minimum Gasteiger partial charge on any atom is -0.222 e. The normalized spacial score (nSPS) is 10.9. The third-order valence-corrected chi connectivity index (χ3v) is 4.76. The molecule has 0 saturated heterocycles. The van der Waals surface area contributed by atoms with Crippen molar-refractivity contribution in [1.82, 2.24) is 0 Å². The summed E-state index contributed by atoms with van der Waals surface area (Å²) < 4.78 is 0. The molecule has 28 heavy (non-hydrogen) atoms. The lowest BCUT2D eigenvalue weighted by Crippen LogP contribution is -1.67. The van der Waals surface area contributed by atoms with E-state index in [2.05, 4.69) is 72.8 Å². The molecule has 136 valence electrons. The molecule has 0 radical (unpaired) electrons. The Bertz CT molecular complexity index is 1120. The summed E-state index contributed by atoms with van der Waals surface area (Å²) >= 11 is 0. The van der Waals surface area contributed by atoms with Gasteiger partial charge in [-0.1, -0.05) is 72.8 Å². The molecule has 0 spiro atoms. The summed E-state index contributed by atoms with van der Waals surface area (Å²) in [5, 5.41) is 16.5. The van der Waals surface area contributed by atoms with Gasteiger partial charge in [0.2, 0.25) is 12.2 Å². The summed E-state index contributed by atoms with van der Waals surface area (Å²) in [6, 6.07) is 26.1. The molecule has 4 nitrogen and oxygen atoms in total. The van der Waals surface area contributed by atoms with Crippen LogP contribution in [0.4, 0.5) is 0 Å². The monoisotopic (exact) mass is 366 g/mol. The average molecular weight is 366 g/mol. The Morgan fingerprint density at radius 2 is 0.929 bits per heavy atom. The molecule has 0 unspecified atom stereocenters. The Hall–Kier alpha value is -3.84. The van der Waals surface area contributed by atoms with E-state index in [1.165, 1.54) is 45.5 Å². The van der Waals surface area contributed by atoms with Crippen molar-refractivity contribution in [2.24, 2.45) is 0 Å². The molecule has 0 fully saturated rings. The van der Waals surface area contributed by atoms with Crippen molar-refractivity contribution in [2.75, 3.05) is 0 Å². The van der Waals surface area contributed by atoms with Crippen LogP contribution in [0, 0.1) is 10.8 Å². The van der Waals surface area contributed by atoms with Gasteiger partial charge in [-0.25, -0.2) is 20.4 Å². The molecule has 0 bridgehead atoms. The first-order valence-electron chi connectivity index (χ1n) is 8.80. The van der Waals surface area contributed by atoms with Crippen LogP contribution in [-0.2, 0) is 22.4 Å². The van der Waals surface area contributed by atoms with Crippen LogP contribution in [0.25, 0.3) is 21.5 Å². The minimum atomic E-state index is 0.750. The van der Waals surface area contributed by atoms with Gasteiger partial charge in [0.15, 0.2) is 0 Å². The number of rotatable bonds is 0. The Kier molecular flexibility index (Phi) is 5.88. The van der Waals surface area contributed by atoms with Gasteiger partial charge in [0.1, 0.15) is 0 Å². The maximum atomic E-state index is 8.35. The van der Waals surface area contributed by atoms with Crippen molar-refractivity contribution < 1.29 is 9.59 Å². The zero-order chi connectivity index (χ0) is 19.9. The fourth-order valence-corrected chi connectivity index (χ4v) is 3.36. The highest BCUT2D eigenvalue weighted by molar-refractivity contribution is 5.91. The molecule has 0 saturated carbocycles. The second-order valence-electron chi connectivity index (χ2n) is 6.41. The largest absolute Gasteiger partial charge is 0.231 e. The van der Waals surface area contributed by atoms with Crippen molar-refractivity contribution in [3.8, 4) is 0 Å². The van der Waals surface area contributed by atoms with Crippen LogP contribution in [0.15, 0.2) is 72.8 Å². The summed E-state index contributed by atoms with van der Waals surface area (Å²) in [5.74, 6) is 0. The summed E-state index contributed by atoms with van der Waals surface area (Å²) in [4.78, 5) is 16.7. The smallest absolute Gasteiger partial charge is 0.222 e. The van der Waals surface area contributed by atoms with E-state index in [9.17, 15) is 0 Å². The van der Waals surface area contributed by atoms with Gasteiger partial charge >= 0.3 is 0 Å². The number of isocyanates is 2. The molecule has 2 aliphatic carbocycles. The van der Waals surface area contributed by atoms with Crippen molar-refractivity contribution in [3.05, 3.63) is 95.1 Å². The van der Waals surface area contributed by atoms with Gasteiger partial charge in [-0.15, -0.1) is 0 Å². The number of fused-ring (bicyclic) bond motifs is 6. The molecule has 0 amide bonds. The Morgan fingerprint density at radius 3 is 1.32 bits per heavy atom. The molecule has 0 heterocycles. The van der Waals surface area contributed by atoms with Crippen LogP contribution in [0.2, 0.25) is 0 Å². The van der Waals surface area contributed by atoms with Crippen molar-refractivity contribution in [2.45, 2.75) is 12.8 Å². The minimum absolute atomic E-state index is 0.750. The summed E-state index contributed by atoms with van der Waals surface area (Å²) in [6.07, 6.45) is 3.93. The summed E-state index contributed by atoms with van der Waals surface area (Å²) in [5.41, 5.74) is 6.18. The Morgan fingerprint density at radius 1 is 0.571 bits per heavy atom. The van der Waals surface area contributed by atoms with Gasteiger partial charge in [-0.3, -0.25) is 0 Å². The Labute approximate surface area is 162 Å². The first-order chi connectivity index (χ1) is 13.7. The van der Waals surface area contributed by atoms with Crippen LogP contribution in [-0.4, -0.2) is 12.2 Å². The van der Waals surface area contributed by atoms with E-state index in [1.807, 2.05) is 0 Å². The fraction of sp³-hybridized carbons (Fsp3) is 0.0833. The maximum Gasteiger partial charge on any atom is 0.231 e. The fourth-order valence-electron chi connectivity index (χ4n) is 3.36. The zero-order valence-corrected chi connectivity index (χ0v) is 15.2. The highest BCUT2D eigenvalue weighted by Crippen LogP contribution is 2.35. The molecule has 0 aliphatic heterocycles. The van der Waals surface area contributed by atoms with Gasteiger partial charge in [0, 0.05) is 0 Å². The predicted octanol–water partition coefficient (Wildman–Crippen LogP) is 5.29. The van der Waals surface area contributed by atoms with Gasteiger partial charge in [0.05, 0.1) is 0 Å². The quantitative estimate of drug-likeness (QED) is 0.283. The van der Waals surface area contributed by atoms with Crippen LogP contribution < -0.4 is 0 Å². The third-order valence-electron chi connectivity index (χ3n) is 4.76. The number of benzene rings is 4. The van der Waals surface area contributed by atoms with Gasteiger partial charge in [-0.2, -0.15) is 0 Å². The molecule has 0 atom stereocenters. The van der Waals surface area contributed by atoms with Crippen molar-refractivity contribution in [3.63, 3.8) is 0 Å². The number of hydrogen-bond acceptors (Lipinski definition) is 4. The molecule has 0 aromatic heterocycles. The van der Waals surface area contributed by atoms with Crippen LogP contribution in [0.1, 0.15) is 22.3 Å². The van der Waals surface area contributed by atoms with Crippen molar-refractivity contribution in [1.29, 1.82) is 10.8 Å². The zero-order valence-electron chi connectivity index (χ0n) is 15.2. The molecule has 4 aromatic carbocycles. The molecule has 4 heteroatoms. The molecule has 6 rings (SSSR count). The number of carbonyl (C=O) groups excluding carboxylic acids is 2. The van der Waals surface area contributed by atoms with Crippen molar-refractivity contribution >= 4 is 33.7 Å². The van der Waals surface area contributed by atoms with Crippen LogP contribution in [0.5, 0.6) is 0 Å². The van der Waals surface area contributed by atoms with E-state index >= 15 is 0 Å². The first kappa shape index (κ1) is 18.9. The van der Waals surface area contributed by atoms with Crippen LogP contribution >= 0.6 is 0 Å². The lowest BCUT2D eigenvalue weighted by Gasteiger charge is -1.92. The van der Waals surface area contributed by atoms with E-state index in [0.717, 1.165) is 12.2 Å². The number of hydrogen-bond donors (Lipinski definition) is 2. The lowest BCUT2D eigenvalue weighted by atomic mass is 10.1. The molecular weight excluding hydrogens is 348 g/mol. The van der Waals surface area contributed by atoms with Gasteiger partial charge in [-0.05, 0) is 56.6 Å². The predicted molar refractivity (Wildman–Crippen MR) is 110 cm³/mol. The lowest BCUT2D eigenvalue weighted by molar-refractivity contribution is 0.562. The highest BCUT2D eigenvalue weighted by Gasteiger charge is 2.18. The maximum absolute atomic E-state index is 8.35.